The summed E-state index contributed by atoms with van der Waals surface area (Å²) in [5.74, 6) is 1.59. The first kappa shape index (κ1) is 18.9. The molecule has 1 amide bonds. The molecule has 0 spiro atoms. The van der Waals surface area contributed by atoms with Crippen LogP contribution in [0, 0.1) is 13.8 Å². The van der Waals surface area contributed by atoms with E-state index in [0.717, 1.165) is 65.3 Å². The van der Waals surface area contributed by atoms with Gasteiger partial charge in [-0.1, -0.05) is 6.07 Å². The number of fused-ring (bicyclic) bond motifs is 2. The fraction of sp³-hybridized carbons (Fsp3) is 0.375. The van der Waals surface area contributed by atoms with Crippen molar-refractivity contribution in [2.45, 2.75) is 39.2 Å². The molecule has 1 atom stereocenters. The quantitative estimate of drug-likeness (QED) is 0.635. The molecule has 3 aromatic rings. The van der Waals surface area contributed by atoms with Gasteiger partial charge in [0.15, 0.2) is 11.5 Å². The van der Waals surface area contributed by atoms with Crippen molar-refractivity contribution in [3.05, 3.63) is 58.9 Å². The highest BCUT2D eigenvalue weighted by Gasteiger charge is 2.31. The van der Waals surface area contributed by atoms with Crippen molar-refractivity contribution in [1.29, 1.82) is 0 Å². The number of carbonyl (C=O) groups excluding carboxylic acids is 1. The van der Waals surface area contributed by atoms with Gasteiger partial charge in [0.2, 0.25) is 0 Å². The van der Waals surface area contributed by atoms with E-state index in [2.05, 4.69) is 16.0 Å². The Balaban J connectivity index is 1.45. The molecule has 3 heterocycles. The Kier molecular flexibility index (Phi) is 4.77. The van der Waals surface area contributed by atoms with Crippen molar-refractivity contribution in [2.75, 3.05) is 19.8 Å². The summed E-state index contributed by atoms with van der Waals surface area (Å²) < 4.78 is 11.6. The molecule has 0 aliphatic carbocycles. The van der Waals surface area contributed by atoms with Crippen molar-refractivity contribution in [1.82, 2.24) is 14.9 Å². The van der Waals surface area contributed by atoms with Crippen LogP contribution in [0.25, 0.3) is 11.0 Å². The van der Waals surface area contributed by atoms with Crippen molar-refractivity contribution < 1.29 is 14.3 Å². The highest BCUT2D eigenvalue weighted by molar-refractivity contribution is 5.97. The fourth-order valence-corrected chi connectivity index (χ4v) is 4.27. The predicted octanol–water partition coefficient (Wildman–Crippen LogP) is 4.39. The van der Waals surface area contributed by atoms with Crippen LogP contribution in [0.2, 0.25) is 0 Å². The van der Waals surface area contributed by atoms with Crippen molar-refractivity contribution in [3.63, 3.8) is 0 Å². The molecule has 154 valence electrons. The van der Waals surface area contributed by atoms with Crippen LogP contribution in [-0.2, 0) is 0 Å². The first-order valence-corrected chi connectivity index (χ1v) is 10.6. The summed E-state index contributed by atoms with van der Waals surface area (Å²) in [4.78, 5) is 24.5. The van der Waals surface area contributed by atoms with Crippen LogP contribution >= 0.6 is 0 Å². The van der Waals surface area contributed by atoms with Crippen molar-refractivity contribution >= 4 is 16.9 Å². The highest BCUT2D eigenvalue weighted by Crippen LogP contribution is 2.38. The number of likely N-dealkylation sites (tertiary alicyclic amines) is 1. The van der Waals surface area contributed by atoms with Gasteiger partial charge in [-0.2, -0.15) is 0 Å². The molecule has 1 fully saturated rings. The molecule has 0 N–H and O–H groups in total. The maximum Gasteiger partial charge on any atom is 0.254 e. The van der Waals surface area contributed by atoms with Gasteiger partial charge in [0.05, 0.1) is 41.7 Å². The van der Waals surface area contributed by atoms with E-state index in [9.17, 15) is 4.79 Å². The number of amides is 1. The first-order valence-electron chi connectivity index (χ1n) is 10.6. The van der Waals surface area contributed by atoms with E-state index >= 15 is 0 Å². The molecule has 5 rings (SSSR count). The highest BCUT2D eigenvalue weighted by atomic mass is 16.5. The summed E-state index contributed by atoms with van der Waals surface area (Å²) in [6, 6.07) is 11.7. The van der Waals surface area contributed by atoms with E-state index in [-0.39, 0.29) is 11.9 Å². The molecule has 2 aliphatic rings. The second kappa shape index (κ2) is 7.59. The van der Waals surface area contributed by atoms with Crippen LogP contribution < -0.4 is 9.47 Å². The molecule has 1 saturated heterocycles. The number of rotatable bonds is 2. The number of nitrogens with zero attached hydrogens (tertiary/aromatic N) is 3. The minimum absolute atomic E-state index is 0.0338. The summed E-state index contributed by atoms with van der Waals surface area (Å²) in [6.45, 7) is 5.96. The number of benzene rings is 2. The van der Waals surface area contributed by atoms with Crippen LogP contribution in [-0.4, -0.2) is 40.5 Å². The zero-order valence-corrected chi connectivity index (χ0v) is 17.4. The Bertz CT molecular complexity index is 1130. The molecule has 0 unspecified atom stereocenters. The smallest absolute Gasteiger partial charge is 0.254 e. The van der Waals surface area contributed by atoms with Gasteiger partial charge in [-0.15, -0.1) is 0 Å². The van der Waals surface area contributed by atoms with E-state index in [1.165, 1.54) is 0 Å². The molecule has 0 saturated carbocycles. The van der Waals surface area contributed by atoms with Crippen LogP contribution in [0.5, 0.6) is 11.5 Å². The van der Waals surface area contributed by atoms with E-state index in [0.29, 0.717) is 18.8 Å². The molecule has 30 heavy (non-hydrogen) atoms. The average Bonchev–Trinajstić information content (AvgIpc) is 3.12. The SMILES string of the molecule is Cc1nc2ccc(C(=O)N3CCC[C@@H]3c3ccc4c(c3)OCCCO4)cc2nc1C. The minimum Gasteiger partial charge on any atom is -0.490 e. The Morgan fingerprint density at radius 2 is 1.70 bits per heavy atom. The third-order valence-electron chi connectivity index (χ3n) is 5.99. The predicted molar refractivity (Wildman–Crippen MR) is 114 cm³/mol. The third kappa shape index (κ3) is 3.36. The fourth-order valence-electron chi connectivity index (χ4n) is 4.27. The molecular formula is C24H25N3O3. The van der Waals surface area contributed by atoms with Gasteiger partial charge in [0.25, 0.3) is 5.91 Å². The lowest BCUT2D eigenvalue weighted by Crippen LogP contribution is -2.30. The summed E-state index contributed by atoms with van der Waals surface area (Å²) in [6.07, 6.45) is 2.80. The lowest BCUT2D eigenvalue weighted by Gasteiger charge is -2.26. The van der Waals surface area contributed by atoms with Gasteiger partial charge in [0, 0.05) is 18.5 Å². The zero-order chi connectivity index (χ0) is 20.7. The normalized spacial score (nSPS) is 18.5. The molecular weight excluding hydrogens is 378 g/mol. The topological polar surface area (TPSA) is 64.6 Å². The monoisotopic (exact) mass is 403 g/mol. The number of aromatic nitrogens is 2. The van der Waals surface area contributed by atoms with Crippen LogP contribution in [0.1, 0.15) is 52.6 Å². The minimum atomic E-state index is 0.0338. The molecule has 6 heteroatoms. The molecule has 2 aliphatic heterocycles. The summed E-state index contributed by atoms with van der Waals surface area (Å²) in [5, 5.41) is 0. The van der Waals surface area contributed by atoms with E-state index in [1.807, 2.05) is 49.1 Å². The molecule has 6 nitrogen and oxygen atoms in total. The van der Waals surface area contributed by atoms with Crippen LogP contribution in [0.15, 0.2) is 36.4 Å². The van der Waals surface area contributed by atoms with Gasteiger partial charge >= 0.3 is 0 Å². The Morgan fingerprint density at radius 3 is 2.53 bits per heavy atom. The van der Waals surface area contributed by atoms with Crippen LogP contribution in [0.3, 0.4) is 0 Å². The largest absolute Gasteiger partial charge is 0.490 e. The molecule has 0 bridgehead atoms. The molecule has 2 aromatic carbocycles. The Labute approximate surface area is 175 Å². The summed E-state index contributed by atoms with van der Waals surface area (Å²) >= 11 is 0. The Hall–Kier alpha value is -3.15. The van der Waals surface area contributed by atoms with Crippen molar-refractivity contribution in [3.8, 4) is 11.5 Å². The number of aryl methyl sites for hydroxylation is 2. The Morgan fingerprint density at radius 1 is 0.933 bits per heavy atom. The molecule has 0 radical (unpaired) electrons. The summed E-state index contributed by atoms with van der Waals surface area (Å²) in [5.41, 5.74) is 5.12. The lowest BCUT2D eigenvalue weighted by atomic mass is 10.0. The van der Waals surface area contributed by atoms with E-state index < -0.39 is 0 Å². The number of carbonyl (C=O) groups is 1. The molecule has 1 aromatic heterocycles. The zero-order valence-electron chi connectivity index (χ0n) is 17.4. The van der Waals surface area contributed by atoms with E-state index in [4.69, 9.17) is 9.47 Å². The van der Waals surface area contributed by atoms with Gasteiger partial charge in [-0.05, 0) is 62.6 Å². The van der Waals surface area contributed by atoms with Crippen LogP contribution in [0.4, 0.5) is 0 Å². The maximum absolute atomic E-state index is 13.4. The first-order chi connectivity index (χ1) is 14.6. The third-order valence-corrected chi connectivity index (χ3v) is 5.99. The van der Waals surface area contributed by atoms with Crippen molar-refractivity contribution in [2.24, 2.45) is 0 Å². The maximum atomic E-state index is 13.4. The number of ether oxygens (including phenoxy) is 2. The van der Waals surface area contributed by atoms with Gasteiger partial charge in [-0.3, -0.25) is 4.79 Å². The van der Waals surface area contributed by atoms with E-state index in [1.54, 1.807) is 0 Å². The second-order valence-corrected chi connectivity index (χ2v) is 8.01. The van der Waals surface area contributed by atoms with Gasteiger partial charge in [0.1, 0.15) is 0 Å². The average molecular weight is 403 g/mol. The standard InChI is InChI=1S/C24H25N3O3/c1-15-16(2)26-20-13-18(6-8-19(20)25-15)24(28)27-10-3-5-21(27)17-7-9-22-23(14-17)30-12-4-11-29-22/h6-9,13-14,21H,3-5,10-12H2,1-2H3/t21-/m1/s1. The lowest BCUT2D eigenvalue weighted by molar-refractivity contribution is 0.0735. The number of hydrogen-bond acceptors (Lipinski definition) is 5. The number of hydrogen-bond donors (Lipinski definition) is 0. The second-order valence-electron chi connectivity index (χ2n) is 8.01. The van der Waals surface area contributed by atoms with Gasteiger partial charge < -0.3 is 14.4 Å². The summed E-state index contributed by atoms with van der Waals surface area (Å²) in [7, 11) is 0. The van der Waals surface area contributed by atoms with Gasteiger partial charge in [-0.25, -0.2) is 9.97 Å².